The Morgan fingerprint density at radius 3 is 1.65 bits per heavy atom. The second-order valence-electron chi connectivity index (χ2n) is 10.8. The molecular weight excluding hydrogens is 565 g/mol. The standard InChI is InChI=1S/C37H20N4S2/c1-3-13-23-21(11-1)22-12-2-4-14-24(22)31-30(23)32(27-17-9-10-20-38-27)40-37(39-31)41-33-25-15-5-7-18-28(25)42-35(33)36-34(41)26-16-6-8-19-29(26)43-36/h1-20H. The van der Waals surface area contributed by atoms with Crippen LogP contribution < -0.4 is 0 Å². The van der Waals surface area contributed by atoms with E-state index >= 15 is 0 Å². The van der Waals surface area contributed by atoms with Crippen molar-refractivity contribution in [1.82, 2.24) is 19.5 Å². The van der Waals surface area contributed by atoms with E-state index in [-0.39, 0.29) is 0 Å². The van der Waals surface area contributed by atoms with Gasteiger partial charge in [0, 0.05) is 37.1 Å². The number of hydrogen-bond donors (Lipinski definition) is 0. The molecule has 10 aromatic rings. The molecule has 0 spiro atoms. The van der Waals surface area contributed by atoms with Crippen molar-refractivity contribution in [3.05, 3.63) is 121 Å². The van der Waals surface area contributed by atoms with E-state index in [4.69, 9.17) is 15.0 Å². The van der Waals surface area contributed by atoms with Gasteiger partial charge in [-0.3, -0.25) is 9.55 Å². The van der Waals surface area contributed by atoms with Crippen LogP contribution in [0.5, 0.6) is 0 Å². The fraction of sp³-hybridized carbons (Fsp3) is 0. The van der Waals surface area contributed by atoms with E-state index in [9.17, 15) is 0 Å². The number of pyridine rings is 1. The summed E-state index contributed by atoms with van der Waals surface area (Å²) in [7, 11) is 0. The van der Waals surface area contributed by atoms with Crippen molar-refractivity contribution in [3.63, 3.8) is 0 Å². The molecule has 0 unspecified atom stereocenters. The fourth-order valence-corrected chi connectivity index (χ4v) is 9.18. The molecule has 10 rings (SSSR count). The minimum absolute atomic E-state index is 0.667. The van der Waals surface area contributed by atoms with E-state index in [2.05, 4.69) is 108 Å². The summed E-state index contributed by atoms with van der Waals surface area (Å²) in [6.07, 6.45) is 1.84. The predicted molar refractivity (Wildman–Crippen MR) is 183 cm³/mol. The molecule has 200 valence electrons. The summed E-state index contributed by atoms with van der Waals surface area (Å²) >= 11 is 3.70. The summed E-state index contributed by atoms with van der Waals surface area (Å²) in [6, 6.07) is 40.6. The third-order valence-electron chi connectivity index (χ3n) is 8.47. The van der Waals surface area contributed by atoms with Crippen LogP contribution in [0.15, 0.2) is 121 Å². The lowest BCUT2D eigenvalue weighted by Gasteiger charge is -2.15. The van der Waals surface area contributed by atoms with Crippen molar-refractivity contribution in [2.75, 3.05) is 0 Å². The highest BCUT2D eigenvalue weighted by Gasteiger charge is 2.25. The smallest absolute Gasteiger partial charge is 0.235 e. The van der Waals surface area contributed by atoms with Crippen molar-refractivity contribution in [3.8, 4) is 17.3 Å². The summed E-state index contributed by atoms with van der Waals surface area (Å²) in [5.41, 5.74) is 4.96. The van der Waals surface area contributed by atoms with E-state index in [0.717, 1.165) is 33.1 Å². The zero-order chi connectivity index (χ0) is 28.1. The summed E-state index contributed by atoms with van der Waals surface area (Å²) in [5, 5.41) is 8.10. The largest absolute Gasteiger partial charge is 0.275 e. The van der Waals surface area contributed by atoms with E-state index in [0.29, 0.717) is 5.95 Å². The van der Waals surface area contributed by atoms with Crippen molar-refractivity contribution in [1.29, 1.82) is 0 Å². The molecule has 5 heterocycles. The van der Waals surface area contributed by atoms with Crippen LogP contribution in [0, 0.1) is 0 Å². The first-order valence-corrected chi connectivity index (χ1v) is 15.8. The third kappa shape index (κ3) is 3.16. The molecule has 0 aliphatic carbocycles. The summed E-state index contributed by atoms with van der Waals surface area (Å²) in [5.74, 6) is 0.667. The molecule has 4 nitrogen and oxygen atoms in total. The van der Waals surface area contributed by atoms with E-state index in [1.54, 1.807) is 0 Å². The molecule has 0 radical (unpaired) electrons. The number of nitrogens with zero attached hydrogens (tertiary/aromatic N) is 4. The van der Waals surface area contributed by atoms with Crippen LogP contribution >= 0.6 is 22.7 Å². The molecule has 0 bridgehead atoms. The molecule has 0 aliphatic heterocycles. The third-order valence-corrected chi connectivity index (χ3v) is 10.9. The molecule has 6 heteroatoms. The molecule has 0 fully saturated rings. The average Bonchev–Trinajstić information content (AvgIpc) is 3.73. The van der Waals surface area contributed by atoms with Gasteiger partial charge in [-0.1, -0.05) is 91.0 Å². The lowest BCUT2D eigenvalue weighted by Crippen LogP contribution is -2.04. The maximum atomic E-state index is 5.49. The Kier molecular flexibility index (Phi) is 4.72. The maximum Gasteiger partial charge on any atom is 0.235 e. The molecule has 0 saturated carbocycles. The number of benzene rings is 5. The molecule has 0 N–H and O–H groups in total. The van der Waals surface area contributed by atoms with E-state index < -0.39 is 0 Å². The van der Waals surface area contributed by atoms with Gasteiger partial charge in [-0.15, -0.1) is 22.7 Å². The zero-order valence-electron chi connectivity index (χ0n) is 22.7. The predicted octanol–water partition coefficient (Wildman–Crippen LogP) is 10.5. The molecule has 5 aromatic carbocycles. The normalized spacial score (nSPS) is 12.2. The van der Waals surface area contributed by atoms with Crippen molar-refractivity contribution in [2.24, 2.45) is 0 Å². The van der Waals surface area contributed by atoms with Crippen LogP contribution in [0.4, 0.5) is 0 Å². The Hall–Kier alpha value is -5.17. The number of fused-ring (bicyclic) bond motifs is 13. The monoisotopic (exact) mass is 584 g/mol. The quantitative estimate of drug-likeness (QED) is 0.190. The highest BCUT2D eigenvalue weighted by atomic mass is 32.1. The van der Waals surface area contributed by atoms with Gasteiger partial charge in [-0.25, -0.2) is 9.97 Å². The molecular formula is C37H20N4S2. The van der Waals surface area contributed by atoms with E-state index in [1.807, 2.05) is 41.0 Å². The second-order valence-corrected chi connectivity index (χ2v) is 12.9. The maximum absolute atomic E-state index is 5.49. The fourth-order valence-electron chi connectivity index (χ4n) is 6.67. The first-order valence-electron chi connectivity index (χ1n) is 14.2. The Labute approximate surface area is 253 Å². The van der Waals surface area contributed by atoms with Gasteiger partial charge in [0.2, 0.25) is 5.95 Å². The van der Waals surface area contributed by atoms with Crippen LogP contribution in [0.25, 0.3) is 90.4 Å². The lowest BCUT2D eigenvalue weighted by molar-refractivity contribution is 1.02. The molecule has 0 atom stereocenters. The zero-order valence-corrected chi connectivity index (χ0v) is 24.3. The van der Waals surface area contributed by atoms with Crippen LogP contribution in [0.2, 0.25) is 0 Å². The van der Waals surface area contributed by atoms with Gasteiger partial charge in [-0.2, -0.15) is 0 Å². The molecule has 43 heavy (non-hydrogen) atoms. The summed E-state index contributed by atoms with van der Waals surface area (Å²) < 4.78 is 7.41. The van der Waals surface area contributed by atoms with Crippen LogP contribution in [0.3, 0.4) is 0 Å². The Balaban J connectivity index is 1.47. The van der Waals surface area contributed by atoms with Crippen molar-refractivity contribution >= 4 is 95.7 Å². The van der Waals surface area contributed by atoms with Gasteiger partial charge in [0.25, 0.3) is 0 Å². The summed E-state index contributed by atoms with van der Waals surface area (Å²) in [4.78, 5) is 15.7. The van der Waals surface area contributed by atoms with Crippen molar-refractivity contribution in [2.45, 2.75) is 0 Å². The van der Waals surface area contributed by atoms with Gasteiger partial charge >= 0.3 is 0 Å². The van der Waals surface area contributed by atoms with Crippen molar-refractivity contribution < 1.29 is 0 Å². The number of rotatable bonds is 2. The number of hydrogen-bond acceptors (Lipinski definition) is 5. The highest BCUT2D eigenvalue weighted by Crippen LogP contribution is 2.48. The highest BCUT2D eigenvalue weighted by molar-refractivity contribution is 7.33. The number of aromatic nitrogens is 4. The Morgan fingerprint density at radius 1 is 0.488 bits per heavy atom. The van der Waals surface area contributed by atoms with Crippen LogP contribution in [-0.4, -0.2) is 19.5 Å². The second kappa shape index (κ2) is 8.67. The molecule has 0 saturated heterocycles. The molecule has 0 aliphatic rings. The topological polar surface area (TPSA) is 43.6 Å². The SMILES string of the molecule is c1ccc(-c2nc(-n3c4c5ccccc5sc4c4sc5ccccc5c43)nc3c4ccccc4c4ccccc4c23)nc1. The lowest BCUT2D eigenvalue weighted by atomic mass is 9.95. The van der Waals surface area contributed by atoms with Crippen LogP contribution in [-0.2, 0) is 0 Å². The van der Waals surface area contributed by atoms with Gasteiger partial charge in [0.1, 0.15) is 5.69 Å². The Morgan fingerprint density at radius 2 is 1.02 bits per heavy atom. The molecule has 0 amide bonds. The average molecular weight is 585 g/mol. The van der Waals surface area contributed by atoms with Gasteiger partial charge < -0.3 is 0 Å². The minimum atomic E-state index is 0.667. The van der Waals surface area contributed by atoms with Gasteiger partial charge in [-0.05, 0) is 40.4 Å². The minimum Gasteiger partial charge on any atom is -0.275 e. The van der Waals surface area contributed by atoms with Gasteiger partial charge in [0.05, 0.1) is 31.6 Å². The van der Waals surface area contributed by atoms with E-state index in [1.165, 1.54) is 51.4 Å². The first kappa shape index (κ1) is 23.4. The summed E-state index contributed by atoms with van der Waals surface area (Å²) in [6.45, 7) is 0. The first-order chi connectivity index (χ1) is 21.3. The Bertz CT molecular complexity index is 2650. The molecule has 5 aromatic heterocycles. The van der Waals surface area contributed by atoms with Crippen LogP contribution in [0.1, 0.15) is 0 Å². The number of thiophene rings is 2. The van der Waals surface area contributed by atoms with Gasteiger partial charge in [0.15, 0.2) is 0 Å².